The van der Waals surface area contributed by atoms with E-state index in [-0.39, 0.29) is 23.1 Å². The van der Waals surface area contributed by atoms with E-state index >= 15 is 0 Å². The highest BCUT2D eigenvalue weighted by Gasteiger charge is 2.58. The Morgan fingerprint density at radius 3 is 2.35 bits per heavy atom. The highest BCUT2D eigenvalue weighted by Crippen LogP contribution is 2.57. The fourth-order valence-electron chi connectivity index (χ4n) is 4.70. The minimum atomic E-state index is -0.350. The summed E-state index contributed by atoms with van der Waals surface area (Å²) < 4.78 is 1.52. The molecule has 0 bridgehead atoms. The van der Waals surface area contributed by atoms with Gasteiger partial charge in [0.2, 0.25) is 17.7 Å². The predicted molar refractivity (Wildman–Crippen MR) is 99.2 cm³/mol. The van der Waals surface area contributed by atoms with Crippen molar-refractivity contribution in [1.82, 2.24) is 4.57 Å². The van der Waals surface area contributed by atoms with Crippen LogP contribution in [0.3, 0.4) is 0 Å². The number of nitrogens with zero attached hydrogens (tertiary/aromatic N) is 2. The summed E-state index contributed by atoms with van der Waals surface area (Å²) in [5.74, 6) is 0.389. The molecule has 1 amide bonds. The monoisotopic (exact) mass is 350 g/mol. The summed E-state index contributed by atoms with van der Waals surface area (Å²) in [7, 11) is 0. The van der Waals surface area contributed by atoms with Crippen molar-refractivity contribution < 1.29 is 15.0 Å². The van der Waals surface area contributed by atoms with E-state index in [4.69, 9.17) is 0 Å². The van der Waals surface area contributed by atoms with E-state index in [0.29, 0.717) is 12.2 Å². The van der Waals surface area contributed by atoms with Crippen LogP contribution in [0.5, 0.6) is 11.8 Å². The van der Waals surface area contributed by atoms with Crippen LogP contribution in [0.25, 0.3) is 5.69 Å². The lowest BCUT2D eigenvalue weighted by atomic mass is 9.95. The molecule has 2 N–H and O–H groups in total. The zero-order valence-corrected chi connectivity index (χ0v) is 14.7. The number of benzene rings is 1. The SMILES string of the molecule is C=CCN1C(=O)C2(CC2)c2ccc(-n3c(O)c4c(c3O)CCCC4)cc21. The molecule has 2 heterocycles. The molecule has 1 aromatic carbocycles. The number of anilines is 1. The summed E-state index contributed by atoms with van der Waals surface area (Å²) in [6, 6.07) is 5.79. The molecule has 2 aliphatic carbocycles. The number of amides is 1. The normalized spacial score (nSPS) is 19.5. The van der Waals surface area contributed by atoms with Gasteiger partial charge in [0.05, 0.1) is 16.8 Å². The smallest absolute Gasteiger partial charge is 0.238 e. The quantitative estimate of drug-likeness (QED) is 0.835. The third-order valence-corrected chi connectivity index (χ3v) is 6.19. The van der Waals surface area contributed by atoms with E-state index in [2.05, 4.69) is 6.58 Å². The van der Waals surface area contributed by atoms with Crippen LogP contribution in [0.2, 0.25) is 0 Å². The van der Waals surface area contributed by atoms with Gasteiger partial charge in [-0.1, -0.05) is 12.1 Å². The van der Waals surface area contributed by atoms with Gasteiger partial charge in [-0.3, -0.25) is 9.36 Å². The van der Waals surface area contributed by atoms with Gasteiger partial charge < -0.3 is 15.1 Å². The van der Waals surface area contributed by atoms with E-state index in [9.17, 15) is 15.0 Å². The number of hydrogen-bond donors (Lipinski definition) is 2. The fraction of sp³-hybridized carbons (Fsp3) is 0.381. The van der Waals surface area contributed by atoms with Gasteiger partial charge in [0.1, 0.15) is 0 Å². The highest BCUT2D eigenvalue weighted by atomic mass is 16.3. The van der Waals surface area contributed by atoms with Crippen LogP contribution in [-0.2, 0) is 23.1 Å². The maximum atomic E-state index is 12.8. The van der Waals surface area contributed by atoms with Crippen molar-refractivity contribution in [3.05, 3.63) is 47.5 Å². The van der Waals surface area contributed by atoms with E-state index in [1.165, 1.54) is 4.57 Å². The molecule has 1 spiro atoms. The number of aromatic hydroxyl groups is 2. The Bertz CT molecular complexity index is 923. The molecule has 1 fully saturated rings. The van der Waals surface area contributed by atoms with Gasteiger partial charge >= 0.3 is 0 Å². The molecule has 5 nitrogen and oxygen atoms in total. The number of rotatable bonds is 3. The molecule has 134 valence electrons. The summed E-state index contributed by atoms with van der Waals surface area (Å²) >= 11 is 0. The van der Waals surface area contributed by atoms with Crippen LogP contribution in [-0.4, -0.2) is 27.2 Å². The van der Waals surface area contributed by atoms with Gasteiger partial charge in [-0.15, -0.1) is 6.58 Å². The molecule has 1 aromatic heterocycles. The molecule has 5 rings (SSSR count). The molecule has 0 atom stereocenters. The molecule has 26 heavy (non-hydrogen) atoms. The zero-order chi connectivity index (χ0) is 18.1. The van der Waals surface area contributed by atoms with Gasteiger partial charge in [-0.05, 0) is 56.2 Å². The van der Waals surface area contributed by atoms with Crippen molar-refractivity contribution >= 4 is 11.6 Å². The Labute approximate surface area is 152 Å². The minimum Gasteiger partial charge on any atom is -0.494 e. The predicted octanol–water partition coefficient (Wildman–Crippen LogP) is 3.33. The molecule has 1 aliphatic heterocycles. The standard InChI is InChI=1S/C21H22N2O3/c1-2-11-22-17-12-13(7-8-16(17)21(9-10-21)20(22)26)23-18(24)14-5-3-4-6-15(14)19(23)25/h2,7-8,12,24-25H,1,3-6,9-11H2. The topological polar surface area (TPSA) is 65.7 Å². The largest absolute Gasteiger partial charge is 0.494 e. The number of aromatic nitrogens is 1. The highest BCUT2D eigenvalue weighted by molar-refractivity contribution is 6.10. The van der Waals surface area contributed by atoms with Gasteiger partial charge in [0.15, 0.2) is 0 Å². The van der Waals surface area contributed by atoms with Crippen LogP contribution in [0, 0.1) is 0 Å². The molecule has 0 saturated heterocycles. The molecular formula is C21H22N2O3. The lowest BCUT2D eigenvalue weighted by molar-refractivity contribution is -0.120. The molecule has 0 radical (unpaired) electrons. The van der Waals surface area contributed by atoms with Gasteiger partial charge in [0.25, 0.3) is 0 Å². The summed E-state index contributed by atoms with van der Waals surface area (Å²) in [5, 5.41) is 21.4. The fourth-order valence-corrected chi connectivity index (χ4v) is 4.70. The third-order valence-electron chi connectivity index (χ3n) is 6.19. The van der Waals surface area contributed by atoms with E-state index in [1.807, 2.05) is 18.2 Å². The summed E-state index contributed by atoms with van der Waals surface area (Å²) in [4.78, 5) is 14.6. The first-order chi connectivity index (χ1) is 12.6. The van der Waals surface area contributed by atoms with Crippen molar-refractivity contribution in [2.24, 2.45) is 0 Å². The minimum absolute atomic E-state index is 0.123. The maximum Gasteiger partial charge on any atom is 0.238 e. The van der Waals surface area contributed by atoms with Crippen molar-refractivity contribution in [3.8, 4) is 17.4 Å². The summed E-state index contributed by atoms with van der Waals surface area (Å²) in [6.07, 6.45) is 7.14. The van der Waals surface area contributed by atoms with Crippen molar-refractivity contribution in [2.75, 3.05) is 11.4 Å². The number of carbonyl (C=O) groups excluding carboxylic acids is 1. The van der Waals surface area contributed by atoms with Crippen molar-refractivity contribution in [1.29, 1.82) is 0 Å². The van der Waals surface area contributed by atoms with Gasteiger partial charge in [-0.25, -0.2) is 0 Å². The third kappa shape index (κ3) is 1.83. The Balaban J connectivity index is 1.67. The van der Waals surface area contributed by atoms with Crippen LogP contribution in [0.4, 0.5) is 5.69 Å². The Morgan fingerprint density at radius 1 is 1.12 bits per heavy atom. The number of fused-ring (bicyclic) bond motifs is 3. The Kier molecular flexibility index (Phi) is 3.09. The first kappa shape index (κ1) is 15.6. The average molecular weight is 350 g/mol. The van der Waals surface area contributed by atoms with E-state index in [1.54, 1.807) is 11.0 Å². The molecule has 0 unspecified atom stereocenters. The molecule has 5 heteroatoms. The Morgan fingerprint density at radius 2 is 1.77 bits per heavy atom. The number of carbonyl (C=O) groups is 1. The lowest BCUT2D eigenvalue weighted by Gasteiger charge is -2.17. The zero-order valence-electron chi connectivity index (χ0n) is 14.7. The first-order valence-corrected chi connectivity index (χ1v) is 9.30. The Hall–Kier alpha value is -2.69. The van der Waals surface area contributed by atoms with Crippen LogP contribution in [0.1, 0.15) is 42.4 Å². The van der Waals surface area contributed by atoms with Gasteiger partial charge in [-0.2, -0.15) is 0 Å². The average Bonchev–Trinajstić information content (AvgIpc) is 3.38. The van der Waals surface area contributed by atoms with Crippen LogP contribution < -0.4 is 4.90 Å². The van der Waals surface area contributed by atoms with Crippen LogP contribution in [0.15, 0.2) is 30.9 Å². The summed E-state index contributed by atoms with van der Waals surface area (Å²) in [6.45, 7) is 4.24. The lowest BCUT2D eigenvalue weighted by Crippen LogP contribution is -2.32. The second kappa shape index (κ2) is 5.16. The van der Waals surface area contributed by atoms with Crippen LogP contribution >= 0.6 is 0 Å². The molecule has 2 aromatic rings. The molecule has 1 saturated carbocycles. The maximum absolute atomic E-state index is 12.8. The molecular weight excluding hydrogens is 328 g/mol. The summed E-state index contributed by atoms with van der Waals surface area (Å²) in [5.41, 5.74) is 3.97. The van der Waals surface area contributed by atoms with Gasteiger partial charge in [0, 0.05) is 17.7 Å². The second-order valence-electron chi connectivity index (χ2n) is 7.63. The first-order valence-electron chi connectivity index (χ1n) is 9.30. The second-order valence-corrected chi connectivity index (χ2v) is 7.63. The number of hydrogen-bond acceptors (Lipinski definition) is 3. The molecule has 3 aliphatic rings. The van der Waals surface area contributed by atoms with E-state index < -0.39 is 0 Å². The van der Waals surface area contributed by atoms with E-state index in [0.717, 1.165) is 60.9 Å². The van der Waals surface area contributed by atoms with Crippen molar-refractivity contribution in [2.45, 2.75) is 43.9 Å². The van der Waals surface area contributed by atoms with Crippen molar-refractivity contribution in [3.63, 3.8) is 0 Å².